The van der Waals surface area contributed by atoms with E-state index < -0.39 is 0 Å². The van der Waals surface area contributed by atoms with Gasteiger partial charge in [-0.15, -0.1) is 0 Å². The number of nitrogen functional groups attached to an aromatic ring is 1. The zero-order chi connectivity index (χ0) is 14.2. The Balaban J connectivity index is 1.63. The maximum absolute atomic E-state index is 13.3. The van der Waals surface area contributed by atoms with Crippen LogP contribution in [0.15, 0.2) is 48.5 Å². The van der Waals surface area contributed by atoms with Crippen molar-refractivity contribution >= 4 is 5.69 Å². The van der Waals surface area contributed by atoms with Gasteiger partial charge in [-0.05, 0) is 18.2 Å². The zero-order valence-corrected chi connectivity index (χ0v) is 11.2. The average Bonchev–Trinajstić information content (AvgIpc) is 2.46. The fraction of sp³-hybridized carbons (Fsp3) is 0.250. The molecule has 0 spiro atoms. The number of hydrogen-bond acceptors (Lipinski definition) is 3. The summed E-state index contributed by atoms with van der Waals surface area (Å²) in [5.74, 6) is 0.447. The molecule has 106 valence electrons. The van der Waals surface area contributed by atoms with Gasteiger partial charge in [0, 0.05) is 12.0 Å². The Morgan fingerprint density at radius 3 is 2.50 bits per heavy atom. The molecule has 0 radical (unpaired) electrons. The molecule has 0 aliphatic heterocycles. The lowest BCUT2D eigenvalue weighted by molar-refractivity contribution is 0.105. The van der Waals surface area contributed by atoms with Crippen molar-refractivity contribution in [3.05, 3.63) is 59.9 Å². The summed E-state index contributed by atoms with van der Waals surface area (Å²) in [6, 6.07) is 14.0. The van der Waals surface area contributed by atoms with E-state index in [9.17, 15) is 4.39 Å². The van der Waals surface area contributed by atoms with Crippen LogP contribution in [0.1, 0.15) is 12.0 Å². The molecule has 2 aromatic carbocycles. The summed E-state index contributed by atoms with van der Waals surface area (Å²) in [6.45, 7) is 1.31. The number of para-hydroxylation sites is 2. The maximum atomic E-state index is 13.3. The fourth-order valence-electron chi connectivity index (χ4n) is 1.75. The van der Waals surface area contributed by atoms with Gasteiger partial charge in [0.05, 0.1) is 25.5 Å². The largest absolute Gasteiger partial charge is 0.491 e. The third-order valence-electron chi connectivity index (χ3n) is 2.82. The standard InChI is InChI=1S/C16H18FNO2/c17-14-7-2-1-6-13(14)12-19-10-5-11-20-16-9-4-3-8-15(16)18/h1-4,6-9H,5,10-12,18H2. The smallest absolute Gasteiger partial charge is 0.142 e. The molecule has 0 unspecified atom stereocenters. The number of ether oxygens (including phenoxy) is 2. The lowest BCUT2D eigenvalue weighted by atomic mass is 10.2. The van der Waals surface area contributed by atoms with Crippen LogP contribution in [-0.4, -0.2) is 13.2 Å². The number of nitrogens with two attached hydrogens (primary N) is 1. The van der Waals surface area contributed by atoms with Crippen molar-refractivity contribution in [1.29, 1.82) is 0 Å². The molecule has 0 heterocycles. The minimum absolute atomic E-state index is 0.235. The first kappa shape index (κ1) is 14.3. The van der Waals surface area contributed by atoms with Crippen LogP contribution in [0.25, 0.3) is 0 Å². The molecule has 4 heteroatoms. The van der Waals surface area contributed by atoms with Crippen molar-refractivity contribution < 1.29 is 13.9 Å². The molecule has 2 rings (SSSR count). The Bertz CT molecular complexity index is 496. The Morgan fingerprint density at radius 1 is 0.950 bits per heavy atom. The van der Waals surface area contributed by atoms with Crippen LogP contribution in [0, 0.1) is 5.82 Å². The van der Waals surface area contributed by atoms with Crippen LogP contribution in [-0.2, 0) is 11.3 Å². The molecule has 0 fully saturated rings. The lowest BCUT2D eigenvalue weighted by Crippen LogP contribution is -2.05. The summed E-state index contributed by atoms with van der Waals surface area (Å²) in [5.41, 5.74) is 6.95. The molecule has 2 aromatic rings. The van der Waals surface area contributed by atoms with E-state index in [0.717, 1.165) is 6.42 Å². The Morgan fingerprint density at radius 2 is 1.70 bits per heavy atom. The zero-order valence-electron chi connectivity index (χ0n) is 11.2. The van der Waals surface area contributed by atoms with Crippen LogP contribution in [0.2, 0.25) is 0 Å². The molecular formula is C16H18FNO2. The molecule has 0 atom stereocenters. The first-order valence-corrected chi connectivity index (χ1v) is 6.56. The highest BCUT2D eigenvalue weighted by molar-refractivity contribution is 5.51. The third-order valence-corrected chi connectivity index (χ3v) is 2.82. The number of anilines is 1. The molecule has 2 N–H and O–H groups in total. The minimum atomic E-state index is -0.235. The second-order valence-corrected chi connectivity index (χ2v) is 4.38. The Labute approximate surface area is 118 Å². The summed E-state index contributed by atoms with van der Waals surface area (Å²) in [5, 5.41) is 0. The van der Waals surface area contributed by atoms with E-state index >= 15 is 0 Å². The summed E-state index contributed by atoms with van der Waals surface area (Å²) >= 11 is 0. The van der Waals surface area contributed by atoms with E-state index in [2.05, 4.69) is 0 Å². The SMILES string of the molecule is Nc1ccccc1OCCCOCc1ccccc1F. The van der Waals surface area contributed by atoms with E-state index in [1.165, 1.54) is 6.07 Å². The topological polar surface area (TPSA) is 44.5 Å². The van der Waals surface area contributed by atoms with Crippen LogP contribution in [0.3, 0.4) is 0 Å². The van der Waals surface area contributed by atoms with Gasteiger partial charge in [-0.1, -0.05) is 30.3 Å². The van der Waals surface area contributed by atoms with Gasteiger partial charge in [0.2, 0.25) is 0 Å². The molecule has 0 amide bonds. The summed E-state index contributed by atoms with van der Waals surface area (Å²) in [6.07, 6.45) is 0.725. The van der Waals surface area contributed by atoms with Gasteiger partial charge in [0.15, 0.2) is 0 Å². The maximum Gasteiger partial charge on any atom is 0.142 e. The first-order valence-electron chi connectivity index (χ1n) is 6.56. The van der Waals surface area contributed by atoms with Crippen molar-refractivity contribution in [3.63, 3.8) is 0 Å². The van der Waals surface area contributed by atoms with Crippen LogP contribution < -0.4 is 10.5 Å². The predicted molar refractivity (Wildman–Crippen MR) is 77.0 cm³/mol. The molecule has 20 heavy (non-hydrogen) atoms. The van der Waals surface area contributed by atoms with Gasteiger partial charge in [-0.25, -0.2) is 4.39 Å². The van der Waals surface area contributed by atoms with Crippen LogP contribution >= 0.6 is 0 Å². The van der Waals surface area contributed by atoms with Gasteiger partial charge >= 0.3 is 0 Å². The van der Waals surface area contributed by atoms with Crippen molar-refractivity contribution in [3.8, 4) is 5.75 Å². The van der Waals surface area contributed by atoms with Gasteiger partial charge < -0.3 is 15.2 Å². The van der Waals surface area contributed by atoms with Crippen molar-refractivity contribution in [2.45, 2.75) is 13.0 Å². The highest BCUT2D eigenvalue weighted by atomic mass is 19.1. The fourth-order valence-corrected chi connectivity index (χ4v) is 1.75. The van der Waals surface area contributed by atoms with E-state index in [-0.39, 0.29) is 12.4 Å². The molecule has 0 bridgehead atoms. The van der Waals surface area contributed by atoms with Crippen molar-refractivity contribution in [2.75, 3.05) is 18.9 Å². The molecule has 0 aliphatic carbocycles. The van der Waals surface area contributed by atoms with Crippen LogP contribution in [0.5, 0.6) is 5.75 Å². The predicted octanol–water partition coefficient (Wildman–Crippen LogP) is 3.39. The summed E-state index contributed by atoms with van der Waals surface area (Å²) < 4.78 is 24.3. The van der Waals surface area contributed by atoms with E-state index in [1.807, 2.05) is 18.2 Å². The van der Waals surface area contributed by atoms with Gasteiger partial charge in [0.25, 0.3) is 0 Å². The third kappa shape index (κ3) is 4.24. The van der Waals surface area contributed by atoms with Crippen LogP contribution in [0.4, 0.5) is 10.1 Å². The second kappa shape index (κ2) is 7.50. The number of rotatable bonds is 7. The van der Waals surface area contributed by atoms with Crippen molar-refractivity contribution in [2.24, 2.45) is 0 Å². The molecule has 0 saturated heterocycles. The van der Waals surface area contributed by atoms with Gasteiger partial charge in [0.1, 0.15) is 11.6 Å². The molecule has 0 aliphatic rings. The second-order valence-electron chi connectivity index (χ2n) is 4.38. The normalized spacial score (nSPS) is 10.4. The number of benzene rings is 2. The Hall–Kier alpha value is -2.07. The molecular weight excluding hydrogens is 257 g/mol. The number of hydrogen-bond donors (Lipinski definition) is 1. The lowest BCUT2D eigenvalue weighted by Gasteiger charge is -2.09. The van der Waals surface area contributed by atoms with Gasteiger partial charge in [-0.2, -0.15) is 0 Å². The molecule has 0 aromatic heterocycles. The highest BCUT2D eigenvalue weighted by Gasteiger charge is 2.01. The first-order chi connectivity index (χ1) is 9.77. The van der Waals surface area contributed by atoms with E-state index in [4.69, 9.17) is 15.2 Å². The Kier molecular flexibility index (Phi) is 5.38. The summed E-state index contributed by atoms with van der Waals surface area (Å²) in [7, 11) is 0. The van der Waals surface area contributed by atoms with E-state index in [0.29, 0.717) is 30.2 Å². The van der Waals surface area contributed by atoms with Gasteiger partial charge in [-0.3, -0.25) is 0 Å². The van der Waals surface area contributed by atoms with E-state index in [1.54, 1.807) is 24.3 Å². The summed E-state index contributed by atoms with van der Waals surface area (Å²) in [4.78, 5) is 0. The average molecular weight is 275 g/mol. The highest BCUT2D eigenvalue weighted by Crippen LogP contribution is 2.19. The molecule has 3 nitrogen and oxygen atoms in total. The number of halogens is 1. The monoisotopic (exact) mass is 275 g/mol. The quantitative estimate of drug-likeness (QED) is 0.622. The molecule has 0 saturated carbocycles. The van der Waals surface area contributed by atoms with Crippen molar-refractivity contribution in [1.82, 2.24) is 0 Å². The minimum Gasteiger partial charge on any atom is -0.491 e.